The average molecular weight is 544 g/mol. The summed E-state index contributed by atoms with van der Waals surface area (Å²) in [5.74, 6) is -2.20. The Kier molecular flexibility index (Phi) is 9.17. The Hall–Kier alpha value is -4.37. The topological polar surface area (TPSA) is 194 Å². The molecule has 1 fully saturated rings. The van der Waals surface area contributed by atoms with Gasteiger partial charge in [0.1, 0.15) is 6.04 Å². The number of nitrogens with one attached hydrogen (secondary N) is 3. The van der Waals surface area contributed by atoms with Crippen LogP contribution in [0.15, 0.2) is 24.4 Å². The van der Waals surface area contributed by atoms with E-state index in [9.17, 15) is 24.0 Å². The lowest BCUT2D eigenvalue weighted by molar-refractivity contribution is -0.136. The summed E-state index contributed by atoms with van der Waals surface area (Å²) in [7, 11) is 0. The molecule has 2 aliphatic heterocycles. The molecule has 208 valence electrons. The van der Waals surface area contributed by atoms with E-state index in [1.807, 2.05) is 0 Å². The molecule has 0 saturated carbocycles. The van der Waals surface area contributed by atoms with E-state index >= 15 is 0 Å². The molecule has 4 N–H and O–H groups in total. The minimum atomic E-state index is -1.10. The van der Waals surface area contributed by atoms with Crippen molar-refractivity contribution in [3.05, 3.63) is 41.2 Å². The van der Waals surface area contributed by atoms with E-state index in [1.165, 1.54) is 0 Å². The number of nitrogens with zero attached hydrogens (tertiary/aromatic N) is 4. The second-order valence-corrected chi connectivity index (χ2v) is 8.76. The third-order valence-electron chi connectivity index (χ3n) is 6.20. The Balaban J connectivity index is 1.25. The maximum atomic E-state index is 13.2. The minimum Gasteiger partial charge on any atom is -0.465 e. The highest BCUT2D eigenvalue weighted by Gasteiger charge is 2.45. The van der Waals surface area contributed by atoms with Crippen LogP contribution in [0.3, 0.4) is 0 Å². The standard InChI is InChI=1S/C24H29N7O8/c32-19-5-4-18(21(33)28-19)31-22(34)16-2-1-3-17(20(16)23(31)35)25-7-6-15-14-27-29-30(15)9-11-39-13-12-38-10-8-26-24(36)37/h1-3,14,18,25-26H,4-13H2,(H,36,37)(H,28,32,33). The first-order valence-corrected chi connectivity index (χ1v) is 12.4. The van der Waals surface area contributed by atoms with Crippen LogP contribution in [-0.4, -0.2) is 100 Å². The normalized spacial score (nSPS) is 16.8. The molecule has 1 saturated heterocycles. The van der Waals surface area contributed by atoms with Gasteiger partial charge in [0.25, 0.3) is 11.8 Å². The first kappa shape index (κ1) is 27.7. The van der Waals surface area contributed by atoms with Crippen LogP contribution < -0.4 is 16.0 Å². The molecule has 3 heterocycles. The summed E-state index contributed by atoms with van der Waals surface area (Å²) in [6, 6.07) is 3.88. The van der Waals surface area contributed by atoms with Gasteiger partial charge in [-0.1, -0.05) is 11.3 Å². The SMILES string of the molecule is O=C(O)NCCOCCOCCn1nncc1CCNc1cccc2c1C(=O)N(C1CCC(=O)NC1=O)C2=O. The molecule has 1 aromatic carbocycles. The van der Waals surface area contributed by atoms with Crippen LogP contribution in [0, 0.1) is 0 Å². The van der Waals surface area contributed by atoms with E-state index in [2.05, 4.69) is 26.3 Å². The van der Waals surface area contributed by atoms with Gasteiger partial charge in [-0.3, -0.25) is 29.4 Å². The highest BCUT2D eigenvalue weighted by atomic mass is 16.5. The summed E-state index contributed by atoms with van der Waals surface area (Å²) in [6.45, 7) is 2.40. The number of hydrogen-bond donors (Lipinski definition) is 4. The van der Waals surface area contributed by atoms with Gasteiger partial charge in [0.2, 0.25) is 11.8 Å². The lowest BCUT2D eigenvalue weighted by Crippen LogP contribution is -2.54. The summed E-state index contributed by atoms with van der Waals surface area (Å²) in [6.07, 6.45) is 1.21. The van der Waals surface area contributed by atoms with E-state index in [0.717, 1.165) is 10.6 Å². The molecular formula is C24H29N7O8. The van der Waals surface area contributed by atoms with Crippen molar-refractivity contribution in [3.63, 3.8) is 0 Å². The zero-order valence-corrected chi connectivity index (χ0v) is 21.1. The van der Waals surface area contributed by atoms with E-state index < -0.39 is 35.8 Å². The Morgan fingerprint density at radius 2 is 1.87 bits per heavy atom. The molecular weight excluding hydrogens is 514 g/mol. The number of piperidine rings is 1. The molecule has 15 nitrogen and oxygen atoms in total. The molecule has 39 heavy (non-hydrogen) atoms. The van der Waals surface area contributed by atoms with Crippen LogP contribution in [0.5, 0.6) is 0 Å². The van der Waals surface area contributed by atoms with Crippen LogP contribution >= 0.6 is 0 Å². The quantitative estimate of drug-likeness (QED) is 0.179. The number of benzene rings is 1. The molecule has 15 heteroatoms. The third-order valence-corrected chi connectivity index (χ3v) is 6.20. The van der Waals surface area contributed by atoms with Gasteiger partial charge in [-0.2, -0.15) is 0 Å². The zero-order valence-electron chi connectivity index (χ0n) is 21.1. The molecule has 2 aromatic rings. The predicted octanol–water partition coefficient (Wildman–Crippen LogP) is -0.365. The molecule has 0 radical (unpaired) electrons. The lowest BCUT2D eigenvalue weighted by atomic mass is 10.0. The molecule has 0 aliphatic carbocycles. The van der Waals surface area contributed by atoms with Crippen molar-refractivity contribution >= 4 is 35.4 Å². The maximum absolute atomic E-state index is 13.2. The number of carboxylic acid groups (broad SMARTS) is 1. The van der Waals surface area contributed by atoms with E-state index in [1.54, 1.807) is 29.1 Å². The molecule has 1 unspecified atom stereocenters. The maximum Gasteiger partial charge on any atom is 0.404 e. The Labute approximate surface area is 222 Å². The number of carbonyl (C=O) groups excluding carboxylic acids is 4. The predicted molar refractivity (Wildman–Crippen MR) is 133 cm³/mol. The van der Waals surface area contributed by atoms with Gasteiger partial charge in [0.05, 0.1) is 56.0 Å². The molecule has 5 amide bonds. The van der Waals surface area contributed by atoms with Gasteiger partial charge < -0.3 is 25.2 Å². The highest BCUT2D eigenvalue weighted by Crippen LogP contribution is 2.32. The molecule has 0 spiro atoms. The number of rotatable bonds is 14. The van der Waals surface area contributed by atoms with Gasteiger partial charge in [-0.15, -0.1) is 5.10 Å². The van der Waals surface area contributed by atoms with Gasteiger partial charge >= 0.3 is 6.09 Å². The van der Waals surface area contributed by atoms with Gasteiger partial charge in [0.15, 0.2) is 0 Å². The van der Waals surface area contributed by atoms with E-state index in [0.29, 0.717) is 45.0 Å². The van der Waals surface area contributed by atoms with Crippen molar-refractivity contribution in [1.82, 2.24) is 30.5 Å². The summed E-state index contributed by atoms with van der Waals surface area (Å²) in [5, 5.41) is 24.1. The molecule has 0 bridgehead atoms. The fraction of sp³-hybridized carbons (Fsp3) is 0.458. The van der Waals surface area contributed by atoms with Crippen LogP contribution in [0.4, 0.5) is 10.5 Å². The Morgan fingerprint density at radius 1 is 1.08 bits per heavy atom. The second kappa shape index (κ2) is 12.9. The van der Waals surface area contributed by atoms with Gasteiger partial charge in [0, 0.05) is 31.6 Å². The zero-order chi connectivity index (χ0) is 27.8. The van der Waals surface area contributed by atoms with Crippen molar-refractivity contribution in [3.8, 4) is 0 Å². The number of aromatic nitrogens is 3. The first-order valence-electron chi connectivity index (χ1n) is 12.4. The third kappa shape index (κ3) is 6.74. The fourth-order valence-electron chi connectivity index (χ4n) is 4.35. The number of amides is 5. The Bertz CT molecular complexity index is 1250. The van der Waals surface area contributed by atoms with Crippen LogP contribution in [0.2, 0.25) is 0 Å². The molecule has 1 atom stereocenters. The summed E-state index contributed by atoms with van der Waals surface area (Å²) < 4.78 is 12.5. The number of fused-ring (bicyclic) bond motifs is 1. The highest BCUT2D eigenvalue weighted by molar-refractivity contribution is 6.25. The van der Waals surface area contributed by atoms with Crippen molar-refractivity contribution in [2.45, 2.75) is 31.8 Å². The van der Waals surface area contributed by atoms with Crippen molar-refractivity contribution < 1.29 is 38.6 Å². The fourth-order valence-corrected chi connectivity index (χ4v) is 4.35. The van der Waals surface area contributed by atoms with Crippen molar-refractivity contribution in [1.29, 1.82) is 0 Å². The number of anilines is 1. The largest absolute Gasteiger partial charge is 0.465 e. The van der Waals surface area contributed by atoms with Gasteiger partial charge in [-0.25, -0.2) is 9.48 Å². The van der Waals surface area contributed by atoms with Crippen molar-refractivity contribution in [2.75, 3.05) is 44.8 Å². The summed E-state index contributed by atoms with van der Waals surface area (Å²) >= 11 is 0. The van der Waals surface area contributed by atoms with E-state index in [4.69, 9.17) is 14.6 Å². The molecule has 2 aliphatic rings. The smallest absolute Gasteiger partial charge is 0.404 e. The second-order valence-electron chi connectivity index (χ2n) is 8.76. The van der Waals surface area contributed by atoms with E-state index in [-0.39, 0.29) is 37.1 Å². The number of ether oxygens (including phenoxy) is 2. The number of hydrogen-bond acceptors (Lipinski definition) is 10. The van der Waals surface area contributed by atoms with Crippen LogP contribution in [0.25, 0.3) is 0 Å². The Morgan fingerprint density at radius 3 is 2.64 bits per heavy atom. The monoisotopic (exact) mass is 543 g/mol. The van der Waals surface area contributed by atoms with Gasteiger partial charge in [-0.05, 0) is 18.6 Å². The molecule has 1 aromatic heterocycles. The number of imide groups is 2. The lowest BCUT2D eigenvalue weighted by Gasteiger charge is -2.27. The van der Waals surface area contributed by atoms with Crippen LogP contribution in [-0.2, 0) is 32.0 Å². The summed E-state index contributed by atoms with van der Waals surface area (Å²) in [5.41, 5.74) is 1.72. The average Bonchev–Trinajstić information content (AvgIpc) is 3.45. The summed E-state index contributed by atoms with van der Waals surface area (Å²) in [4.78, 5) is 61.2. The number of carbonyl (C=O) groups is 5. The molecule has 4 rings (SSSR count). The van der Waals surface area contributed by atoms with Crippen molar-refractivity contribution in [2.24, 2.45) is 0 Å². The van der Waals surface area contributed by atoms with Crippen LogP contribution in [0.1, 0.15) is 39.3 Å². The first-order chi connectivity index (χ1) is 18.9. The minimum absolute atomic E-state index is 0.0573.